The maximum absolute atomic E-state index is 12.3. The van der Waals surface area contributed by atoms with Gasteiger partial charge in [0.05, 0.1) is 0 Å². The summed E-state index contributed by atoms with van der Waals surface area (Å²) in [6.07, 6.45) is 6.23. The molecule has 0 saturated carbocycles. The molecule has 2 rings (SSSR count). The molecule has 0 aromatic carbocycles. The molecular weight excluding hydrogens is 290 g/mol. The predicted molar refractivity (Wildman–Crippen MR) is 85.5 cm³/mol. The first kappa shape index (κ1) is 18.0. The summed E-state index contributed by atoms with van der Waals surface area (Å²) in [5, 5.41) is 6.24. The van der Waals surface area contributed by atoms with Gasteiger partial charge in [-0.2, -0.15) is 0 Å². The monoisotopic (exact) mass is 315 g/mol. The number of carbonyl (C=O) groups is 2. The fraction of sp³-hybridized carbons (Fsp3) is 0.733. The van der Waals surface area contributed by atoms with Gasteiger partial charge in [-0.3, -0.25) is 9.59 Å². The Bertz CT molecular complexity index is 398. The normalized spacial score (nSPS) is 21.5. The third-order valence-corrected chi connectivity index (χ3v) is 3.99. The lowest BCUT2D eigenvalue weighted by Crippen LogP contribution is -2.46. The van der Waals surface area contributed by atoms with Gasteiger partial charge in [0, 0.05) is 26.1 Å². The van der Waals surface area contributed by atoms with Gasteiger partial charge >= 0.3 is 0 Å². The molecule has 0 aromatic rings. The number of likely N-dealkylation sites (tertiary alicyclic amines) is 1. The van der Waals surface area contributed by atoms with Crippen LogP contribution in [0.3, 0.4) is 0 Å². The van der Waals surface area contributed by atoms with Crippen LogP contribution in [0.15, 0.2) is 11.6 Å². The maximum Gasteiger partial charge on any atom is 0.243 e. The van der Waals surface area contributed by atoms with Crippen LogP contribution in [0.4, 0.5) is 0 Å². The van der Waals surface area contributed by atoms with Crippen molar-refractivity contribution in [1.29, 1.82) is 0 Å². The number of amides is 2. The van der Waals surface area contributed by atoms with Crippen molar-refractivity contribution >= 4 is 24.2 Å². The van der Waals surface area contributed by atoms with Crippen LogP contribution in [0, 0.1) is 0 Å². The molecule has 6 heteroatoms. The number of nitrogens with one attached hydrogen (secondary N) is 2. The number of halogens is 1. The Kier molecular flexibility index (Phi) is 7.75. The molecule has 5 nitrogen and oxygen atoms in total. The number of nitrogens with zero attached hydrogens (tertiary/aromatic N) is 1. The SMILES string of the molecule is CCCC(=O)N1CCCC1C(=O)NCC1=CCNCC1.Cl. The van der Waals surface area contributed by atoms with E-state index in [9.17, 15) is 9.59 Å². The zero-order valence-electron chi connectivity index (χ0n) is 12.7. The maximum atomic E-state index is 12.3. The molecule has 0 aromatic heterocycles. The van der Waals surface area contributed by atoms with Crippen molar-refractivity contribution in [3.63, 3.8) is 0 Å². The van der Waals surface area contributed by atoms with E-state index < -0.39 is 0 Å². The van der Waals surface area contributed by atoms with Gasteiger partial charge in [-0.1, -0.05) is 18.6 Å². The fourth-order valence-corrected chi connectivity index (χ4v) is 2.84. The summed E-state index contributed by atoms with van der Waals surface area (Å²) >= 11 is 0. The molecule has 0 radical (unpaired) electrons. The van der Waals surface area contributed by atoms with Crippen LogP contribution in [0.2, 0.25) is 0 Å². The van der Waals surface area contributed by atoms with Gasteiger partial charge in [-0.15, -0.1) is 12.4 Å². The molecule has 2 N–H and O–H groups in total. The predicted octanol–water partition coefficient (Wildman–Crippen LogP) is 1.24. The lowest BCUT2D eigenvalue weighted by molar-refractivity contribution is -0.138. The first-order valence-electron chi connectivity index (χ1n) is 7.68. The molecule has 21 heavy (non-hydrogen) atoms. The Hall–Kier alpha value is -1.07. The van der Waals surface area contributed by atoms with E-state index in [1.54, 1.807) is 4.90 Å². The Morgan fingerprint density at radius 3 is 2.95 bits per heavy atom. The molecule has 0 spiro atoms. The van der Waals surface area contributed by atoms with Crippen LogP contribution in [0.25, 0.3) is 0 Å². The summed E-state index contributed by atoms with van der Waals surface area (Å²) < 4.78 is 0. The first-order chi connectivity index (χ1) is 9.72. The van der Waals surface area contributed by atoms with Gasteiger partial charge < -0.3 is 15.5 Å². The van der Waals surface area contributed by atoms with E-state index in [0.29, 0.717) is 13.0 Å². The van der Waals surface area contributed by atoms with E-state index in [1.165, 1.54) is 5.57 Å². The summed E-state index contributed by atoms with van der Waals surface area (Å²) in [6.45, 7) is 5.20. The van der Waals surface area contributed by atoms with Crippen LogP contribution in [-0.2, 0) is 9.59 Å². The van der Waals surface area contributed by atoms with Crippen molar-refractivity contribution in [2.45, 2.75) is 45.1 Å². The Labute approximate surface area is 132 Å². The molecule has 1 fully saturated rings. The van der Waals surface area contributed by atoms with Crippen LogP contribution in [-0.4, -0.2) is 48.9 Å². The van der Waals surface area contributed by atoms with E-state index in [0.717, 1.165) is 45.3 Å². The van der Waals surface area contributed by atoms with E-state index in [4.69, 9.17) is 0 Å². The standard InChI is InChI=1S/C15H25N3O2.ClH/c1-2-4-14(19)18-10-3-5-13(18)15(20)17-11-12-6-8-16-9-7-12;/h6,13,16H,2-5,7-11H2,1H3,(H,17,20);1H. The lowest BCUT2D eigenvalue weighted by atomic mass is 10.1. The van der Waals surface area contributed by atoms with Crippen LogP contribution in [0.5, 0.6) is 0 Å². The highest BCUT2D eigenvalue weighted by molar-refractivity contribution is 5.88. The highest BCUT2D eigenvalue weighted by Crippen LogP contribution is 2.19. The van der Waals surface area contributed by atoms with E-state index in [-0.39, 0.29) is 30.3 Å². The highest BCUT2D eigenvalue weighted by atomic mass is 35.5. The Balaban J connectivity index is 0.00000220. The minimum absolute atomic E-state index is 0. The average molecular weight is 316 g/mol. The second kappa shape index (κ2) is 9.05. The minimum Gasteiger partial charge on any atom is -0.351 e. The molecule has 2 heterocycles. The summed E-state index contributed by atoms with van der Waals surface area (Å²) in [5.41, 5.74) is 1.28. The van der Waals surface area contributed by atoms with Crippen molar-refractivity contribution < 1.29 is 9.59 Å². The molecule has 1 saturated heterocycles. The zero-order valence-corrected chi connectivity index (χ0v) is 13.5. The average Bonchev–Trinajstić information content (AvgIpc) is 2.96. The number of hydrogen-bond acceptors (Lipinski definition) is 3. The van der Waals surface area contributed by atoms with Gasteiger partial charge in [-0.05, 0) is 32.2 Å². The third kappa shape index (κ3) is 5.00. The van der Waals surface area contributed by atoms with E-state index in [2.05, 4.69) is 16.7 Å². The second-order valence-corrected chi connectivity index (χ2v) is 5.53. The van der Waals surface area contributed by atoms with Crippen LogP contribution in [0.1, 0.15) is 39.0 Å². The second-order valence-electron chi connectivity index (χ2n) is 5.53. The van der Waals surface area contributed by atoms with Crippen LogP contribution >= 0.6 is 12.4 Å². The summed E-state index contributed by atoms with van der Waals surface area (Å²) in [7, 11) is 0. The molecule has 1 unspecified atom stereocenters. The molecular formula is C15H26ClN3O2. The molecule has 1 atom stereocenters. The summed E-state index contributed by atoms with van der Waals surface area (Å²) in [5.74, 6) is 0.123. The lowest BCUT2D eigenvalue weighted by Gasteiger charge is -2.24. The molecule has 2 amide bonds. The van der Waals surface area contributed by atoms with Gasteiger partial charge in [-0.25, -0.2) is 0 Å². The smallest absolute Gasteiger partial charge is 0.243 e. The number of carbonyl (C=O) groups excluding carboxylic acids is 2. The first-order valence-corrected chi connectivity index (χ1v) is 7.68. The molecule has 2 aliphatic heterocycles. The Morgan fingerprint density at radius 2 is 2.29 bits per heavy atom. The largest absolute Gasteiger partial charge is 0.351 e. The quantitative estimate of drug-likeness (QED) is 0.750. The number of hydrogen-bond donors (Lipinski definition) is 2. The van der Waals surface area contributed by atoms with E-state index >= 15 is 0 Å². The number of rotatable bonds is 5. The Morgan fingerprint density at radius 1 is 1.48 bits per heavy atom. The van der Waals surface area contributed by atoms with Crippen molar-refractivity contribution in [1.82, 2.24) is 15.5 Å². The van der Waals surface area contributed by atoms with Gasteiger partial charge in [0.25, 0.3) is 0 Å². The topological polar surface area (TPSA) is 61.4 Å². The molecule has 120 valence electrons. The van der Waals surface area contributed by atoms with Crippen molar-refractivity contribution in [2.75, 3.05) is 26.2 Å². The van der Waals surface area contributed by atoms with Crippen LogP contribution < -0.4 is 10.6 Å². The van der Waals surface area contributed by atoms with Gasteiger partial charge in [0.15, 0.2) is 0 Å². The van der Waals surface area contributed by atoms with Gasteiger partial charge in [0.2, 0.25) is 11.8 Å². The summed E-state index contributed by atoms with van der Waals surface area (Å²) in [4.78, 5) is 26.0. The zero-order chi connectivity index (χ0) is 14.4. The highest BCUT2D eigenvalue weighted by Gasteiger charge is 2.33. The fourth-order valence-electron chi connectivity index (χ4n) is 2.84. The third-order valence-electron chi connectivity index (χ3n) is 3.99. The van der Waals surface area contributed by atoms with Crippen molar-refractivity contribution in [3.05, 3.63) is 11.6 Å². The minimum atomic E-state index is -0.253. The van der Waals surface area contributed by atoms with E-state index in [1.807, 2.05) is 6.92 Å². The van der Waals surface area contributed by atoms with Crippen molar-refractivity contribution in [2.24, 2.45) is 0 Å². The summed E-state index contributed by atoms with van der Waals surface area (Å²) in [6, 6.07) is -0.253. The molecule has 0 bridgehead atoms. The van der Waals surface area contributed by atoms with Crippen molar-refractivity contribution in [3.8, 4) is 0 Å². The van der Waals surface area contributed by atoms with Gasteiger partial charge in [0.1, 0.15) is 6.04 Å². The molecule has 0 aliphatic carbocycles. The molecule has 2 aliphatic rings.